The molecule has 2 nitrogen and oxygen atoms in total. The molecule has 1 atom stereocenters. The summed E-state index contributed by atoms with van der Waals surface area (Å²) in [6, 6.07) is 2.57. The van der Waals surface area contributed by atoms with Gasteiger partial charge in [-0.05, 0) is 23.8 Å². The number of carbonyl (C=O) groups is 1. The van der Waals surface area contributed by atoms with Gasteiger partial charge >= 0.3 is 0 Å². The van der Waals surface area contributed by atoms with E-state index in [1.165, 1.54) is 25.1 Å². The molecule has 5 heteroatoms. The maximum atomic E-state index is 12.9. The SMILES string of the molecule is CC.CC(=O)N1c2ccc(F)cc2CC1C(F)F. The Bertz CT molecular complexity index is 434. The first-order chi connectivity index (χ1) is 8.50. The number of alkyl halides is 2. The molecular formula is C13H16F3NO. The van der Waals surface area contributed by atoms with Gasteiger partial charge < -0.3 is 4.90 Å². The van der Waals surface area contributed by atoms with Crippen molar-refractivity contribution in [3.8, 4) is 0 Å². The third-order valence-electron chi connectivity index (χ3n) is 2.69. The lowest BCUT2D eigenvalue weighted by Crippen LogP contribution is -2.40. The lowest BCUT2D eigenvalue weighted by Gasteiger charge is -2.23. The van der Waals surface area contributed by atoms with Gasteiger partial charge in [-0.15, -0.1) is 0 Å². The highest BCUT2D eigenvalue weighted by molar-refractivity contribution is 5.94. The van der Waals surface area contributed by atoms with Crippen LogP contribution >= 0.6 is 0 Å². The lowest BCUT2D eigenvalue weighted by atomic mass is 10.1. The van der Waals surface area contributed by atoms with Crippen LogP contribution in [0.25, 0.3) is 0 Å². The molecule has 1 unspecified atom stereocenters. The fourth-order valence-corrected chi connectivity index (χ4v) is 2.05. The second-order valence-corrected chi connectivity index (χ2v) is 3.77. The quantitative estimate of drug-likeness (QED) is 0.757. The van der Waals surface area contributed by atoms with E-state index in [1.54, 1.807) is 0 Å². The van der Waals surface area contributed by atoms with Gasteiger partial charge in [-0.1, -0.05) is 13.8 Å². The van der Waals surface area contributed by atoms with Crippen LogP contribution in [0.3, 0.4) is 0 Å². The highest BCUT2D eigenvalue weighted by Crippen LogP contribution is 2.35. The van der Waals surface area contributed by atoms with E-state index in [4.69, 9.17) is 0 Å². The van der Waals surface area contributed by atoms with Crippen molar-refractivity contribution in [1.82, 2.24) is 0 Å². The van der Waals surface area contributed by atoms with Gasteiger partial charge in [0.2, 0.25) is 5.91 Å². The van der Waals surface area contributed by atoms with Crippen molar-refractivity contribution >= 4 is 11.6 Å². The third-order valence-corrected chi connectivity index (χ3v) is 2.69. The molecule has 1 amide bonds. The fourth-order valence-electron chi connectivity index (χ4n) is 2.05. The smallest absolute Gasteiger partial charge is 0.259 e. The van der Waals surface area contributed by atoms with Crippen LogP contribution in [0.15, 0.2) is 18.2 Å². The van der Waals surface area contributed by atoms with Crippen LogP contribution in [0.2, 0.25) is 0 Å². The van der Waals surface area contributed by atoms with Crippen molar-refractivity contribution in [1.29, 1.82) is 0 Å². The third kappa shape index (κ3) is 2.66. The van der Waals surface area contributed by atoms with E-state index >= 15 is 0 Å². The maximum absolute atomic E-state index is 12.9. The predicted molar refractivity (Wildman–Crippen MR) is 64.4 cm³/mol. The van der Waals surface area contributed by atoms with Crippen LogP contribution in [0.4, 0.5) is 18.9 Å². The fraction of sp³-hybridized carbons (Fsp3) is 0.462. The van der Waals surface area contributed by atoms with Gasteiger partial charge in [0.25, 0.3) is 6.43 Å². The number of fused-ring (bicyclic) bond motifs is 1. The first kappa shape index (κ1) is 14.5. The Hall–Kier alpha value is -1.52. The average molecular weight is 259 g/mol. The first-order valence-corrected chi connectivity index (χ1v) is 5.87. The minimum atomic E-state index is -2.63. The van der Waals surface area contributed by atoms with Crippen molar-refractivity contribution in [2.45, 2.75) is 39.7 Å². The summed E-state index contributed by atoms with van der Waals surface area (Å²) >= 11 is 0. The minimum absolute atomic E-state index is 0.00431. The molecule has 0 N–H and O–H groups in total. The van der Waals surface area contributed by atoms with E-state index in [-0.39, 0.29) is 6.42 Å². The summed E-state index contributed by atoms with van der Waals surface area (Å²) < 4.78 is 38.4. The van der Waals surface area contributed by atoms with Gasteiger partial charge in [-0.3, -0.25) is 4.79 Å². The van der Waals surface area contributed by atoms with Crippen molar-refractivity contribution < 1.29 is 18.0 Å². The number of hydrogen-bond acceptors (Lipinski definition) is 1. The topological polar surface area (TPSA) is 20.3 Å². The number of benzene rings is 1. The molecule has 0 radical (unpaired) electrons. The molecule has 0 aliphatic carbocycles. The monoisotopic (exact) mass is 259 g/mol. The molecular weight excluding hydrogens is 243 g/mol. The zero-order chi connectivity index (χ0) is 13.9. The zero-order valence-electron chi connectivity index (χ0n) is 10.6. The van der Waals surface area contributed by atoms with E-state index in [0.717, 1.165) is 4.90 Å². The zero-order valence-corrected chi connectivity index (χ0v) is 10.6. The molecule has 1 aromatic rings. The summed E-state index contributed by atoms with van der Waals surface area (Å²) in [5, 5.41) is 0. The van der Waals surface area contributed by atoms with Gasteiger partial charge in [-0.2, -0.15) is 0 Å². The maximum Gasteiger partial charge on any atom is 0.259 e. The van der Waals surface area contributed by atoms with E-state index < -0.39 is 24.2 Å². The largest absolute Gasteiger partial charge is 0.303 e. The number of carbonyl (C=O) groups excluding carboxylic acids is 1. The first-order valence-electron chi connectivity index (χ1n) is 5.87. The lowest BCUT2D eigenvalue weighted by molar-refractivity contribution is -0.117. The van der Waals surface area contributed by atoms with Crippen LogP contribution in [0, 0.1) is 5.82 Å². The summed E-state index contributed by atoms with van der Waals surface area (Å²) in [7, 11) is 0. The van der Waals surface area contributed by atoms with Crippen LogP contribution in [-0.4, -0.2) is 18.4 Å². The standard InChI is InChI=1S/C11H10F3NO.C2H6/c1-6(16)15-9-3-2-8(12)4-7(9)5-10(15)11(13)14;1-2/h2-4,10-11H,5H2,1H3;1-2H3. The Morgan fingerprint density at radius 1 is 1.39 bits per heavy atom. The van der Waals surface area contributed by atoms with Crippen LogP contribution < -0.4 is 4.90 Å². The number of nitrogens with zero attached hydrogens (tertiary/aromatic N) is 1. The van der Waals surface area contributed by atoms with Gasteiger partial charge in [0, 0.05) is 19.0 Å². The average Bonchev–Trinajstić information content (AvgIpc) is 2.70. The molecule has 1 heterocycles. The highest BCUT2D eigenvalue weighted by Gasteiger charge is 2.37. The van der Waals surface area contributed by atoms with Gasteiger partial charge in [0.15, 0.2) is 0 Å². The molecule has 2 rings (SSSR count). The normalized spacial score (nSPS) is 17.3. The highest BCUT2D eigenvalue weighted by atomic mass is 19.3. The molecule has 1 aliphatic rings. The molecule has 1 aromatic carbocycles. The molecule has 1 aliphatic heterocycles. The summed E-state index contributed by atoms with van der Waals surface area (Å²) in [6.07, 6.45) is -2.62. The molecule has 0 saturated carbocycles. The summed E-state index contributed by atoms with van der Waals surface area (Å²) in [5.74, 6) is -0.923. The molecule has 0 spiro atoms. The van der Waals surface area contributed by atoms with Crippen LogP contribution in [-0.2, 0) is 11.2 Å². The number of halogens is 3. The van der Waals surface area contributed by atoms with Gasteiger partial charge in [0.05, 0.1) is 0 Å². The van der Waals surface area contributed by atoms with Crippen LogP contribution in [0.1, 0.15) is 26.3 Å². The van der Waals surface area contributed by atoms with E-state index in [1.807, 2.05) is 13.8 Å². The predicted octanol–water partition coefficient (Wildman–Crippen LogP) is 3.39. The van der Waals surface area contributed by atoms with Crippen molar-refractivity contribution in [3.05, 3.63) is 29.6 Å². The van der Waals surface area contributed by atoms with Gasteiger partial charge in [0.1, 0.15) is 11.9 Å². The van der Waals surface area contributed by atoms with E-state index in [9.17, 15) is 18.0 Å². The molecule has 0 aromatic heterocycles. The Kier molecular flexibility index (Phi) is 4.76. The van der Waals surface area contributed by atoms with E-state index in [2.05, 4.69) is 0 Å². The second kappa shape index (κ2) is 5.89. The van der Waals surface area contributed by atoms with Crippen molar-refractivity contribution in [2.24, 2.45) is 0 Å². The van der Waals surface area contributed by atoms with Crippen molar-refractivity contribution in [2.75, 3.05) is 4.90 Å². The number of hydrogen-bond donors (Lipinski definition) is 0. The number of anilines is 1. The molecule has 0 bridgehead atoms. The number of amides is 1. The Morgan fingerprint density at radius 3 is 2.50 bits per heavy atom. The molecule has 100 valence electrons. The van der Waals surface area contributed by atoms with E-state index in [0.29, 0.717) is 11.3 Å². The Morgan fingerprint density at radius 2 is 2.00 bits per heavy atom. The molecule has 0 saturated heterocycles. The number of rotatable bonds is 1. The summed E-state index contributed by atoms with van der Waals surface area (Å²) in [5.41, 5.74) is 0.847. The Labute approximate surface area is 104 Å². The van der Waals surface area contributed by atoms with Crippen molar-refractivity contribution in [3.63, 3.8) is 0 Å². The summed E-state index contributed by atoms with van der Waals surface area (Å²) in [4.78, 5) is 12.3. The molecule has 0 fully saturated rings. The molecule has 18 heavy (non-hydrogen) atoms. The van der Waals surface area contributed by atoms with Crippen LogP contribution in [0.5, 0.6) is 0 Å². The second-order valence-electron chi connectivity index (χ2n) is 3.77. The minimum Gasteiger partial charge on any atom is -0.303 e. The van der Waals surface area contributed by atoms with Gasteiger partial charge in [-0.25, -0.2) is 13.2 Å². The summed E-state index contributed by atoms with van der Waals surface area (Å²) in [6.45, 7) is 5.23. The Balaban J connectivity index is 0.000000771.